The molecule has 4 rings (SSSR count). The van der Waals surface area contributed by atoms with Gasteiger partial charge in [0.25, 0.3) is 5.91 Å². The van der Waals surface area contributed by atoms with Crippen LogP contribution in [-0.2, 0) is 11.2 Å². The number of rotatable bonds is 9. The summed E-state index contributed by atoms with van der Waals surface area (Å²) in [5.41, 5.74) is 5.90. The molecule has 1 atom stereocenters. The van der Waals surface area contributed by atoms with Crippen molar-refractivity contribution < 1.29 is 19.1 Å². The fraction of sp³-hybridized carbons (Fsp3) is 0.222. The average Bonchev–Trinajstić information content (AvgIpc) is 3.28. The molecule has 0 bridgehead atoms. The summed E-state index contributed by atoms with van der Waals surface area (Å²) >= 11 is 1.61. The van der Waals surface area contributed by atoms with Crippen LogP contribution >= 0.6 is 11.8 Å². The van der Waals surface area contributed by atoms with Gasteiger partial charge in [0, 0.05) is 17.7 Å². The van der Waals surface area contributed by atoms with E-state index in [0.29, 0.717) is 34.9 Å². The molecule has 1 N–H and O–H groups in total. The lowest BCUT2D eigenvalue weighted by molar-refractivity contribution is -0.128. The van der Waals surface area contributed by atoms with Crippen LogP contribution in [0.2, 0.25) is 0 Å². The number of nitrogens with one attached hydrogen (secondary N) is 1. The first-order valence-corrected chi connectivity index (χ1v) is 12.2. The van der Waals surface area contributed by atoms with Crippen LogP contribution in [0.15, 0.2) is 77.9 Å². The Kier molecular flexibility index (Phi) is 8.05. The van der Waals surface area contributed by atoms with Crippen molar-refractivity contribution >= 4 is 29.8 Å². The Hall–Kier alpha value is -3.78. The first kappa shape index (κ1) is 24.3. The molecule has 0 aromatic heterocycles. The molecule has 1 heterocycles. The SMILES string of the molecule is COc1ccc(OC)c(/C=N\NC(=O)c2ccc([C@@H]3SCC(=O)N3CCc3ccccc3)cc2)c1. The number of carbonyl (C=O) groups excluding carboxylic acids is 2. The fourth-order valence-electron chi connectivity index (χ4n) is 3.83. The van der Waals surface area contributed by atoms with Gasteiger partial charge in [-0.1, -0.05) is 42.5 Å². The minimum Gasteiger partial charge on any atom is -0.497 e. The van der Waals surface area contributed by atoms with Crippen LogP contribution in [0.3, 0.4) is 0 Å². The number of benzene rings is 3. The predicted octanol–water partition coefficient (Wildman–Crippen LogP) is 4.28. The van der Waals surface area contributed by atoms with Crippen molar-refractivity contribution in [2.24, 2.45) is 5.10 Å². The minimum atomic E-state index is -0.328. The van der Waals surface area contributed by atoms with Gasteiger partial charge in [-0.2, -0.15) is 5.10 Å². The van der Waals surface area contributed by atoms with Gasteiger partial charge in [0.1, 0.15) is 16.9 Å². The zero-order valence-electron chi connectivity index (χ0n) is 19.6. The Labute approximate surface area is 209 Å². The summed E-state index contributed by atoms with van der Waals surface area (Å²) < 4.78 is 10.5. The summed E-state index contributed by atoms with van der Waals surface area (Å²) in [6.07, 6.45) is 2.32. The summed E-state index contributed by atoms with van der Waals surface area (Å²) in [5, 5.41) is 4.01. The van der Waals surface area contributed by atoms with E-state index in [1.807, 2.05) is 35.2 Å². The molecule has 0 unspecified atom stereocenters. The molecule has 3 aromatic rings. The zero-order chi connectivity index (χ0) is 24.6. The van der Waals surface area contributed by atoms with Gasteiger partial charge in [-0.25, -0.2) is 5.43 Å². The van der Waals surface area contributed by atoms with Gasteiger partial charge in [0.05, 0.1) is 26.2 Å². The number of thioether (sulfide) groups is 1. The maximum absolute atomic E-state index is 12.6. The molecule has 0 aliphatic carbocycles. The van der Waals surface area contributed by atoms with Gasteiger partial charge in [0.15, 0.2) is 0 Å². The third-order valence-electron chi connectivity index (χ3n) is 5.72. The Morgan fingerprint density at radius 2 is 1.86 bits per heavy atom. The molecule has 3 aromatic carbocycles. The average molecular weight is 490 g/mol. The van der Waals surface area contributed by atoms with E-state index < -0.39 is 0 Å². The predicted molar refractivity (Wildman–Crippen MR) is 138 cm³/mol. The molecule has 0 spiro atoms. The van der Waals surface area contributed by atoms with E-state index in [-0.39, 0.29) is 17.2 Å². The summed E-state index contributed by atoms with van der Waals surface area (Å²) in [7, 11) is 3.15. The lowest BCUT2D eigenvalue weighted by Crippen LogP contribution is -2.30. The Morgan fingerprint density at radius 1 is 1.09 bits per heavy atom. The number of carbonyl (C=O) groups is 2. The van der Waals surface area contributed by atoms with Crippen LogP contribution in [0.5, 0.6) is 11.5 Å². The molecule has 0 saturated carbocycles. The number of amides is 2. The third-order valence-corrected chi connectivity index (χ3v) is 6.97. The van der Waals surface area contributed by atoms with Gasteiger partial charge in [-0.3, -0.25) is 9.59 Å². The van der Waals surface area contributed by atoms with Gasteiger partial charge in [-0.15, -0.1) is 11.8 Å². The quantitative estimate of drug-likeness (QED) is 0.358. The molecule has 7 nitrogen and oxygen atoms in total. The van der Waals surface area contributed by atoms with Crippen LogP contribution < -0.4 is 14.9 Å². The first-order chi connectivity index (χ1) is 17.1. The van der Waals surface area contributed by atoms with Gasteiger partial charge >= 0.3 is 0 Å². The Balaban J connectivity index is 1.38. The van der Waals surface area contributed by atoms with Crippen LogP contribution in [0.4, 0.5) is 0 Å². The number of hydrogen-bond acceptors (Lipinski definition) is 6. The smallest absolute Gasteiger partial charge is 0.271 e. The molecule has 1 saturated heterocycles. The zero-order valence-corrected chi connectivity index (χ0v) is 20.5. The number of hydrazone groups is 1. The Bertz CT molecular complexity index is 1200. The molecular formula is C27H27N3O4S. The molecule has 35 heavy (non-hydrogen) atoms. The second-order valence-corrected chi connectivity index (χ2v) is 8.98. The van der Waals surface area contributed by atoms with E-state index in [0.717, 1.165) is 12.0 Å². The van der Waals surface area contributed by atoms with E-state index in [2.05, 4.69) is 22.7 Å². The number of ether oxygens (including phenoxy) is 2. The van der Waals surface area contributed by atoms with Crippen LogP contribution in [0, 0.1) is 0 Å². The van der Waals surface area contributed by atoms with Crippen molar-refractivity contribution in [3.63, 3.8) is 0 Å². The fourth-order valence-corrected chi connectivity index (χ4v) is 5.05. The molecule has 8 heteroatoms. The van der Waals surface area contributed by atoms with Gasteiger partial charge in [0.2, 0.25) is 5.91 Å². The van der Waals surface area contributed by atoms with E-state index in [9.17, 15) is 9.59 Å². The minimum absolute atomic E-state index is 0.0538. The van der Waals surface area contributed by atoms with Crippen LogP contribution in [0.25, 0.3) is 0 Å². The standard InChI is InChI=1S/C27H27N3O4S/c1-33-23-12-13-24(34-2)22(16-23)17-28-29-26(32)20-8-10-21(11-9-20)27-30(25(31)18-35-27)15-14-19-6-4-3-5-7-19/h3-13,16-17,27H,14-15,18H2,1-2H3,(H,29,32)/b28-17-/t27-/m0/s1. The maximum Gasteiger partial charge on any atom is 0.271 e. The van der Waals surface area contributed by atoms with Crippen LogP contribution in [0.1, 0.15) is 32.4 Å². The van der Waals surface area contributed by atoms with Crippen molar-refractivity contribution in [2.45, 2.75) is 11.8 Å². The van der Waals surface area contributed by atoms with Crippen molar-refractivity contribution in [1.29, 1.82) is 0 Å². The van der Waals surface area contributed by atoms with Crippen molar-refractivity contribution in [3.8, 4) is 11.5 Å². The van der Waals surface area contributed by atoms with Crippen molar-refractivity contribution in [1.82, 2.24) is 10.3 Å². The normalized spacial score (nSPS) is 15.4. The molecule has 180 valence electrons. The first-order valence-electron chi connectivity index (χ1n) is 11.2. The van der Waals surface area contributed by atoms with E-state index in [1.165, 1.54) is 11.8 Å². The summed E-state index contributed by atoms with van der Waals surface area (Å²) in [6.45, 7) is 0.658. The molecule has 1 aliphatic heterocycles. The number of nitrogens with zero attached hydrogens (tertiary/aromatic N) is 2. The number of methoxy groups -OCH3 is 2. The van der Waals surface area contributed by atoms with Gasteiger partial charge in [-0.05, 0) is 47.9 Å². The highest BCUT2D eigenvalue weighted by molar-refractivity contribution is 8.00. The molecule has 1 fully saturated rings. The Morgan fingerprint density at radius 3 is 2.57 bits per heavy atom. The lowest BCUT2D eigenvalue weighted by Gasteiger charge is -2.24. The van der Waals surface area contributed by atoms with Crippen LogP contribution in [-0.4, -0.2) is 49.4 Å². The van der Waals surface area contributed by atoms with E-state index in [4.69, 9.17) is 9.47 Å². The second kappa shape index (κ2) is 11.6. The highest BCUT2D eigenvalue weighted by Crippen LogP contribution is 2.38. The molecule has 2 amide bonds. The third kappa shape index (κ3) is 6.02. The molecular weight excluding hydrogens is 462 g/mol. The lowest BCUT2D eigenvalue weighted by atomic mass is 10.1. The van der Waals surface area contributed by atoms with Gasteiger partial charge < -0.3 is 14.4 Å². The number of hydrogen-bond donors (Lipinski definition) is 1. The van der Waals surface area contributed by atoms with Crippen molar-refractivity contribution in [3.05, 3.63) is 95.1 Å². The second-order valence-electron chi connectivity index (χ2n) is 7.92. The molecule has 0 radical (unpaired) electrons. The van der Waals surface area contributed by atoms with E-state index >= 15 is 0 Å². The topological polar surface area (TPSA) is 80.2 Å². The summed E-state index contributed by atoms with van der Waals surface area (Å²) in [4.78, 5) is 27.0. The van der Waals surface area contributed by atoms with Crippen molar-refractivity contribution in [2.75, 3.05) is 26.5 Å². The highest BCUT2D eigenvalue weighted by Gasteiger charge is 2.32. The van der Waals surface area contributed by atoms with E-state index in [1.54, 1.807) is 56.3 Å². The molecule has 1 aliphatic rings. The maximum atomic E-state index is 12.6. The highest BCUT2D eigenvalue weighted by atomic mass is 32.2. The summed E-state index contributed by atoms with van der Waals surface area (Å²) in [5.74, 6) is 1.55. The summed E-state index contributed by atoms with van der Waals surface area (Å²) in [6, 6.07) is 22.8. The monoisotopic (exact) mass is 489 g/mol. The largest absolute Gasteiger partial charge is 0.497 e.